The molecule has 172 valence electrons. The predicted molar refractivity (Wildman–Crippen MR) is 139 cm³/mol. The van der Waals surface area contributed by atoms with Crippen molar-refractivity contribution in [1.82, 2.24) is 10.2 Å². The highest BCUT2D eigenvalue weighted by atomic mass is 32.2. The third-order valence-electron chi connectivity index (χ3n) is 6.25. The van der Waals surface area contributed by atoms with E-state index in [4.69, 9.17) is 4.99 Å². The van der Waals surface area contributed by atoms with Gasteiger partial charge in [0, 0.05) is 30.6 Å². The zero-order valence-corrected chi connectivity index (χ0v) is 20.0. The van der Waals surface area contributed by atoms with Crippen LogP contribution in [0.25, 0.3) is 10.8 Å². The Kier molecular flexibility index (Phi) is 6.11. The van der Waals surface area contributed by atoms with E-state index in [9.17, 15) is 9.59 Å². The first-order valence-electron chi connectivity index (χ1n) is 11.4. The quantitative estimate of drug-likeness (QED) is 0.565. The molecule has 0 radical (unpaired) electrons. The van der Waals surface area contributed by atoms with E-state index in [-0.39, 0.29) is 17.9 Å². The summed E-state index contributed by atoms with van der Waals surface area (Å²) >= 11 is 1.73. The number of thioether (sulfide) groups is 1. The molecule has 1 atom stereocenters. The van der Waals surface area contributed by atoms with Crippen molar-refractivity contribution < 1.29 is 9.59 Å². The third-order valence-corrected chi connectivity index (χ3v) is 7.33. The van der Waals surface area contributed by atoms with Crippen molar-refractivity contribution in [3.05, 3.63) is 89.1 Å². The first kappa shape index (κ1) is 22.2. The molecule has 1 unspecified atom stereocenters. The second kappa shape index (κ2) is 9.35. The van der Waals surface area contributed by atoms with Crippen LogP contribution in [-0.2, 0) is 4.79 Å². The van der Waals surface area contributed by atoms with E-state index in [1.54, 1.807) is 18.8 Å². The number of allylic oxidation sites excluding steroid dienone is 1. The molecular formula is C27H26N4O2S. The Morgan fingerprint density at radius 3 is 2.56 bits per heavy atom. The molecule has 0 bridgehead atoms. The Morgan fingerprint density at radius 2 is 1.76 bits per heavy atom. The Balaban J connectivity index is 1.43. The number of amides is 2. The molecule has 0 aliphatic carbocycles. The molecule has 5 rings (SSSR count). The number of rotatable bonds is 4. The largest absolute Gasteiger partial charge is 0.355 e. The lowest BCUT2D eigenvalue weighted by Crippen LogP contribution is -2.43. The number of hydrogen-bond donors (Lipinski definition) is 2. The van der Waals surface area contributed by atoms with Gasteiger partial charge in [0.05, 0.1) is 17.3 Å². The Labute approximate surface area is 203 Å². The van der Waals surface area contributed by atoms with Gasteiger partial charge in [-0.3, -0.25) is 9.59 Å². The molecule has 2 amide bonds. The number of aliphatic imine (C=N–C) groups is 1. The van der Waals surface area contributed by atoms with Crippen LogP contribution in [0.1, 0.15) is 35.3 Å². The van der Waals surface area contributed by atoms with Crippen LogP contribution < -0.4 is 10.6 Å². The van der Waals surface area contributed by atoms with Crippen LogP contribution in [0.3, 0.4) is 0 Å². The van der Waals surface area contributed by atoms with E-state index >= 15 is 0 Å². The molecule has 2 N–H and O–H groups in total. The highest BCUT2D eigenvalue weighted by Gasteiger charge is 2.36. The molecule has 0 aromatic heterocycles. The van der Waals surface area contributed by atoms with Crippen LogP contribution in [0.4, 0.5) is 5.69 Å². The average Bonchev–Trinajstić information content (AvgIpc) is 2.87. The standard InChI is InChI=1S/C27H26N4O2S/c1-17-23(26(33)28-2)24(31-15-6-16-34-27(31)29-17)19-11-13-20(14-12-19)30-25(32)22-10-5-8-18-7-3-4-9-21(18)22/h3-5,7-14,24H,6,15-16H2,1-2H3,(H,28,33)(H,30,32). The van der Waals surface area contributed by atoms with Gasteiger partial charge in [-0.05, 0) is 47.9 Å². The first-order chi connectivity index (χ1) is 16.6. The van der Waals surface area contributed by atoms with Crippen LogP contribution in [0.2, 0.25) is 0 Å². The third kappa shape index (κ3) is 4.07. The normalized spacial score (nSPS) is 17.8. The highest BCUT2D eigenvalue weighted by Crippen LogP contribution is 2.39. The van der Waals surface area contributed by atoms with Crippen LogP contribution >= 0.6 is 11.8 Å². The molecule has 7 heteroatoms. The zero-order valence-electron chi connectivity index (χ0n) is 19.2. The monoisotopic (exact) mass is 470 g/mol. The van der Waals surface area contributed by atoms with Gasteiger partial charge in [-0.2, -0.15) is 0 Å². The van der Waals surface area contributed by atoms with Gasteiger partial charge in [0.2, 0.25) is 0 Å². The van der Waals surface area contributed by atoms with Crippen molar-refractivity contribution >= 4 is 45.2 Å². The van der Waals surface area contributed by atoms with E-state index in [0.717, 1.165) is 45.9 Å². The fourth-order valence-corrected chi connectivity index (χ4v) is 5.63. The lowest BCUT2D eigenvalue weighted by molar-refractivity contribution is -0.117. The number of amidine groups is 1. The van der Waals surface area contributed by atoms with Gasteiger partial charge in [-0.25, -0.2) is 4.99 Å². The van der Waals surface area contributed by atoms with E-state index in [2.05, 4.69) is 15.5 Å². The van der Waals surface area contributed by atoms with E-state index in [1.165, 1.54) is 0 Å². The Hall–Kier alpha value is -3.58. The highest BCUT2D eigenvalue weighted by molar-refractivity contribution is 8.13. The fourth-order valence-electron chi connectivity index (χ4n) is 4.61. The van der Waals surface area contributed by atoms with Crippen molar-refractivity contribution in [2.45, 2.75) is 19.4 Å². The van der Waals surface area contributed by atoms with Gasteiger partial charge in [0.15, 0.2) is 5.17 Å². The fraction of sp³-hybridized carbons (Fsp3) is 0.222. The number of hydrogen-bond acceptors (Lipinski definition) is 5. The summed E-state index contributed by atoms with van der Waals surface area (Å²) in [7, 11) is 1.65. The number of fused-ring (bicyclic) bond motifs is 2. The summed E-state index contributed by atoms with van der Waals surface area (Å²) in [5.41, 5.74) is 3.76. The molecule has 34 heavy (non-hydrogen) atoms. The molecule has 6 nitrogen and oxygen atoms in total. The number of nitrogens with one attached hydrogen (secondary N) is 2. The van der Waals surface area contributed by atoms with E-state index < -0.39 is 0 Å². The molecular weight excluding hydrogens is 444 g/mol. The van der Waals surface area contributed by atoms with Crippen LogP contribution in [0.15, 0.2) is 83.0 Å². The summed E-state index contributed by atoms with van der Waals surface area (Å²) < 4.78 is 0. The minimum absolute atomic E-state index is 0.116. The van der Waals surface area contributed by atoms with Crippen LogP contribution in [0, 0.1) is 0 Å². The predicted octanol–water partition coefficient (Wildman–Crippen LogP) is 4.96. The summed E-state index contributed by atoms with van der Waals surface area (Å²) in [5, 5.41) is 8.71. The molecule has 3 aromatic carbocycles. The average molecular weight is 471 g/mol. The topological polar surface area (TPSA) is 73.8 Å². The van der Waals surface area contributed by atoms with Crippen molar-refractivity contribution in [3.8, 4) is 0 Å². The lowest BCUT2D eigenvalue weighted by atomic mass is 9.93. The second-order valence-electron chi connectivity index (χ2n) is 8.37. The number of carbonyl (C=O) groups is 2. The molecule has 3 aromatic rings. The lowest BCUT2D eigenvalue weighted by Gasteiger charge is -2.40. The maximum absolute atomic E-state index is 13.0. The van der Waals surface area contributed by atoms with Crippen molar-refractivity contribution in [1.29, 1.82) is 0 Å². The Bertz CT molecular complexity index is 1320. The Morgan fingerprint density at radius 1 is 1.00 bits per heavy atom. The van der Waals surface area contributed by atoms with E-state index in [0.29, 0.717) is 16.8 Å². The van der Waals surface area contributed by atoms with Crippen LogP contribution in [0.5, 0.6) is 0 Å². The minimum atomic E-state index is -0.205. The summed E-state index contributed by atoms with van der Waals surface area (Å²) in [6, 6.07) is 21.2. The first-order valence-corrected chi connectivity index (χ1v) is 12.4. The molecule has 2 heterocycles. The van der Waals surface area contributed by atoms with Gasteiger partial charge >= 0.3 is 0 Å². The number of likely N-dealkylation sites (N-methyl/N-ethyl adjacent to an activating group) is 1. The maximum Gasteiger partial charge on any atom is 0.256 e. The summed E-state index contributed by atoms with van der Waals surface area (Å²) in [6.45, 7) is 2.75. The van der Waals surface area contributed by atoms with Gasteiger partial charge in [-0.1, -0.05) is 60.3 Å². The molecule has 0 spiro atoms. The van der Waals surface area contributed by atoms with Crippen molar-refractivity contribution in [2.75, 3.05) is 24.7 Å². The molecule has 2 aliphatic rings. The van der Waals surface area contributed by atoms with Crippen LogP contribution in [-0.4, -0.2) is 41.2 Å². The number of nitrogens with zero attached hydrogens (tertiary/aromatic N) is 2. The molecule has 0 saturated carbocycles. The van der Waals surface area contributed by atoms with Gasteiger partial charge in [0.1, 0.15) is 0 Å². The summed E-state index contributed by atoms with van der Waals surface area (Å²) in [4.78, 5) is 32.7. The van der Waals surface area contributed by atoms with Gasteiger partial charge in [0.25, 0.3) is 11.8 Å². The number of benzene rings is 3. The summed E-state index contributed by atoms with van der Waals surface area (Å²) in [5.74, 6) is 0.768. The van der Waals surface area contributed by atoms with Crippen molar-refractivity contribution in [2.24, 2.45) is 4.99 Å². The second-order valence-corrected chi connectivity index (χ2v) is 9.44. The molecule has 2 aliphatic heterocycles. The molecule has 1 saturated heterocycles. The van der Waals surface area contributed by atoms with Gasteiger partial charge < -0.3 is 15.5 Å². The van der Waals surface area contributed by atoms with E-state index in [1.807, 2.05) is 73.7 Å². The molecule has 1 fully saturated rings. The number of carbonyl (C=O) groups excluding carboxylic acids is 2. The maximum atomic E-state index is 13.0. The van der Waals surface area contributed by atoms with Gasteiger partial charge in [-0.15, -0.1) is 0 Å². The zero-order chi connectivity index (χ0) is 23.7. The number of anilines is 1. The SMILES string of the molecule is CNC(=O)C1=C(C)N=C2SCCCN2C1c1ccc(NC(=O)c2cccc3ccccc23)cc1. The van der Waals surface area contributed by atoms with Crippen molar-refractivity contribution in [3.63, 3.8) is 0 Å². The smallest absolute Gasteiger partial charge is 0.256 e. The minimum Gasteiger partial charge on any atom is -0.355 e. The summed E-state index contributed by atoms with van der Waals surface area (Å²) in [6.07, 6.45) is 1.04.